The van der Waals surface area contributed by atoms with Gasteiger partial charge in [-0.3, -0.25) is 9.69 Å². The van der Waals surface area contributed by atoms with Crippen molar-refractivity contribution in [2.45, 2.75) is 36.2 Å². The van der Waals surface area contributed by atoms with Gasteiger partial charge in [0, 0.05) is 42.4 Å². The number of benzene rings is 1. The van der Waals surface area contributed by atoms with Gasteiger partial charge in [-0.1, -0.05) is 12.1 Å². The van der Waals surface area contributed by atoms with Crippen LogP contribution in [0.1, 0.15) is 19.3 Å². The van der Waals surface area contributed by atoms with Gasteiger partial charge < -0.3 is 10.2 Å². The zero-order valence-corrected chi connectivity index (χ0v) is 14.9. The highest BCUT2D eigenvalue weighted by Gasteiger charge is 2.31. The van der Waals surface area contributed by atoms with Crippen molar-refractivity contribution < 1.29 is 4.79 Å². The van der Waals surface area contributed by atoms with E-state index in [0.717, 1.165) is 31.1 Å². The molecule has 2 fully saturated rings. The van der Waals surface area contributed by atoms with Gasteiger partial charge in [-0.25, -0.2) is 0 Å². The Morgan fingerprint density at radius 3 is 2.91 bits per heavy atom. The number of amides is 1. The number of carbonyl (C=O) groups is 1. The molecular formula is C17H24ClN3OS. The highest BCUT2D eigenvalue weighted by molar-refractivity contribution is 7.99. The fraction of sp³-hybridized carbons (Fsp3) is 0.588. The number of carbonyl (C=O) groups excluding carboxylic acids is 1. The van der Waals surface area contributed by atoms with Gasteiger partial charge in [0.1, 0.15) is 0 Å². The summed E-state index contributed by atoms with van der Waals surface area (Å²) < 4.78 is 0. The standard InChI is InChI=1S/C17H23N3OS.ClH/c21-17(12-19-8-7-13-5-6-14(11-19)18-13)20-9-10-22-16-4-2-1-3-15(16)20;/h1-4,13-14,18H,5-12H2;1H. The number of hydrogen-bond acceptors (Lipinski definition) is 4. The fourth-order valence-corrected chi connectivity index (χ4v) is 4.86. The van der Waals surface area contributed by atoms with Crippen LogP contribution in [0.3, 0.4) is 0 Å². The van der Waals surface area contributed by atoms with Gasteiger partial charge in [-0.05, 0) is 31.4 Å². The number of para-hydroxylation sites is 1. The molecule has 0 radical (unpaired) electrons. The van der Waals surface area contributed by atoms with Crippen LogP contribution in [0, 0.1) is 0 Å². The quantitative estimate of drug-likeness (QED) is 0.885. The predicted molar refractivity (Wildman–Crippen MR) is 97.8 cm³/mol. The first-order chi connectivity index (χ1) is 10.8. The van der Waals surface area contributed by atoms with Crippen LogP contribution >= 0.6 is 24.2 Å². The van der Waals surface area contributed by atoms with E-state index >= 15 is 0 Å². The lowest BCUT2D eigenvalue weighted by Gasteiger charge is -2.31. The van der Waals surface area contributed by atoms with Crippen LogP contribution < -0.4 is 10.2 Å². The van der Waals surface area contributed by atoms with Gasteiger partial charge in [0.15, 0.2) is 0 Å². The van der Waals surface area contributed by atoms with Gasteiger partial charge >= 0.3 is 0 Å². The van der Waals surface area contributed by atoms with Crippen LogP contribution in [0.5, 0.6) is 0 Å². The second-order valence-corrected chi connectivity index (χ2v) is 7.66. The molecule has 0 aliphatic carbocycles. The van der Waals surface area contributed by atoms with Crippen molar-refractivity contribution in [1.82, 2.24) is 10.2 Å². The first-order valence-electron chi connectivity index (χ1n) is 8.30. The first-order valence-corrected chi connectivity index (χ1v) is 9.29. The van der Waals surface area contributed by atoms with E-state index in [1.54, 1.807) is 0 Å². The van der Waals surface area contributed by atoms with Gasteiger partial charge in [0.2, 0.25) is 5.91 Å². The van der Waals surface area contributed by atoms with Gasteiger partial charge in [-0.15, -0.1) is 24.2 Å². The summed E-state index contributed by atoms with van der Waals surface area (Å²) in [5.41, 5.74) is 1.10. The molecule has 1 amide bonds. The number of likely N-dealkylation sites (tertiary alicyclic amines) is 1. The van der Waals surface area contributed by atoms with Crippen molar-refractivity contribution in [3.05, 3.63) is 24.3 Å². The number of hydrogen-bond donors (Lipinski definition) is 1. The van der Waals surface area contributed by atoms with E-state index in [2.05, 4.69) is 28.4 Å². The maximum atomic E-state index is 12.8. The normalized spacial score (nSPS) is 27.0. The number of rotatable bonds is 2. The Morgan fingerprint density at radius 2 is 2.00 bits per heavy atom. The number of halogens is 1. The molecule has 3 aliphatic heterocycles. The summed E-state index contributed by atoms with van der Waals surface area (Å²) in [6.45, 7) is 3.46. The predicted octanol–water partition coefficient (Wildman–Crippen LogP) is 2.37. The molecule has 4 nitrogen and oxygen atoms in total. The van der Waals surface area contributed by atoms with E-state index in [1.165, 1.54) is 24.2 Å². The van der Waals surface area contributed by atoms with Gasteiger partial charge in [0.25, 0.3) is 0 Å². The monoisotopic (exact) mass is 353 g/mol. The minimum absolute atomic E-state index is 0. The SMILES string of the molecule is Cl.O=C(CN1CCC2CCC(C1)N2)N1CCSc2ccccc21. The van der Waals surface area contributed by atoms with Gasteiger partial charge in [0.05, 0.1) is 12.2 Å². The number of thioether (sulfide) groups is 1. The summed E-state index contributed by atoms with van der Waals surface area (Å²) in [4.78, 5) is 18.4. The number of fused-ring (bicyclic) bond motifs is 3. The molecule has 0 saturated carbocycles. The molecule has 1 N–H and O–H groups in total. The molecule has 2 atom stereocenters. The van der Waals surface area contributed by atoms with E-state index in [-0.39, 0.29) is 18.3 Å². The topological polar surface area (TPSA) is 35.6 Å². The molecular weight excluding hydrogens is 330 g/mol. The third-order valence-corrected chi connectivity index (χ3v) is 6.04. The number of nitrogens with zero attached hydrogens (tertiary/aromatic N) is 2. The van der Waals surface area contributed by atoms with E-state index < -0.39 is 0 Å². The lowest BCUT2D eigenvalue weighted by molar-refractivity contribution is -0.119. The molecule has 0 aromatic heterocycles. The van der Waals surface area contributed by atoms with Crippen molar-refractivity contribution in [2.24, 2.45) is 0 Å². The maximum Gasteiger partial charge on any atom is 0.241 e. The van der Waals surface area contributed by atoms with Crippen molar-refractivity contribution >= 4 is 35.8 Å². The minimum Gasteiger partial charge on any atom is -0.310 e. The average Bonchev–Trinajstić information content (AvgIpc) is 2.89. The smallest absolute Gasteiger partial charge is 0.241 e. The largest absolute Gasteiger partial charge is 0.310 e. The first kappa shape index (κ1) is 17.1. The van der Waals surface area contributed by atoms with E-state index in [0.29, 0.717) is 18.6 Å². The van der Waals surface area contributed by atoms with Crippen LogP contribution in [0.25, 0.3) is 0 Å². The lowest BCUT2D eigenvalue weighted by Crippen LogP contribution is -2.45. The summed E-state index contributed by atoms with van der Waals surface area (Å²) in [6, 6.07) is 9.54. The third-order valence-electron chi connectivity index (χ3n) is 5.00. The molecule has 6 heteroatoms. The molecule has 2 bridgehead atoms. The highest BCUT2D eigenvalue weighted by Crippen LogP contribution is 2.34. The summed E-state index contributed by atoms with van der Waals surface area (Å²) in [5.74, 6) is 1.25. The molecule has 23 heavy (non-hydrogen) atoms. The minimum atomic E-state index is 0. The summed E-state index contributed by atoms with van der Waals surface area (Å²) in [5, 5.41) is 3.68. The summed E-state index contributed by atoms with van der Waals surface area (Å²) in [7, 11) is 0. The molecule has 3 heterocycles. The molecule has 2 saturated heterocycles. The Balaban J connectivity index is 0.00000156. The number of nitrogens with one attached hydrogen (secondary N) is 1. The van der Waals surface area contributed by atoms with Gasteiger partial charge in [-0.2, -0.15) is 0 Å². The van der Waals surface area contributed by atoms with Crippen molar-refractivity contribution in [3.8, 4) is 0 Å². The Bertz CT molecular complexity index is 571. The number of anilines is 1. The van der Waals surface area contributed by atoms with Crippen LogP contribution in [0.2, 0.25) is 0 Å². The van der Waals surface area contributed by atoms with Crippen molar-refractivity contribution in [3.63, 3.8) is 0 Å². The Labute approximate surface area is 148 Å². The van der Waals surface area contributed by atoms with Crippen LogP contribution in [0.4, 0.5) is 5.69 Å². The van der Waals surface area contributed by atoms with E-state index in [4.69, 9.17) is 0 Å². The van der Waals surface area contributed by atoms with Crippen LogP contribution in [0.15, 0.2) is 29.2 Å². The molecule has 1 aromatic rings. The highest BCUT2D eigenvalue weighted by atomic mass is 35.5. The van der Waals surface area contributed by atoms with Crippen molar-refractivity contribution in [1.29, 1.82) is 0 Å². The second kappa shape index (κ2) is 7.43. The maximum absolute atomic E-state index is 12.8. The molecule has 3 aliphatic rings. The zero-order valence-electron chi connectivity index (χ0n) is 13.2. The Kier molecular flexibility index (Phi) is 5.52. The molecule has 4 rings (SSSR count). The average molecular weight is 354 g/mol. The Morgan fingerprint density at radius 1 is 1.17 bits per heavy atom. The van der Waals surface area contributed by atoms with E-state index in [9.17, 15) is 4.79 Å². The van der Waals surface area contributed by atoms with Crippen LogP contribution in [-0.2, 0) is 4.79 Å². The fourth-order valence-electron chi connectivity index (χ4n) is 3.86. The molecule has 2 unspecified atom stereocenters. The molecule has 1 aromatic carbocycles. The lowest BCUT2D eigenvalue weighted by atomic mass is 10.1. The molecule has 0 spiro atoms. The zero-order chi connectivity index (χ0) is 14.9. The molecule has 126 valence electrons. The summed E-state index contributed by atoms with van der Waals surface area (Å²) >= 11 is 1.85. The second-order valence-electron chi connectivity index (χ2n) is 6.52. The summed E-state index contributed by atoms with van der Waals surface area (Å²) in [6.07, 6.45) is 3.75. The third kappa shape index (κ3) is 3.68. The van der Waals surface area contributed by atoms with Crippen molar-refractivity contribution in [2.75, 3.05) is 36.8 Å². The van der Waals surface area contributed by atoms with Crippen LogP contribution in [-0.4, -0.2) is 54.8 Å². The Hall–Kier alpha value is -0.750. The van der Waals surface area contributed by atoms with E-state index in [1.807, 2.05) is 22.7 Å².